The summed E-state index contributed by atoms with van der Waals surface area (Å²) in [5.74, 6) is 0.457. The average Bonchev–Trinajstić information content (AvgIpc) is 2.31. The number of hydrogen-bond acceptors (Lipinski definition) is 4. The van der Waals surface area contributed by atoms with Gasteiger partial charge >= 0.3 is 6.09 Å². The highest BCUT2D eigenvalue weighted by Gasteiger charge is 2.14. The van der Waals surface area contributed by atoms with Crippen LogP contribution in [-0.4, -0.2) is 22.0 Å². The number of nitrogens with two attached hydrogens (primary N) is 1. The second-order valence-corrected chi connectivity index (χ2v) is 3.55. The SMILES string of the molecule is Cc1nn(C)c(NC(=O)OC(C)C)c1N. The molecule has 6 heteroatoms. The number of aryl methyl sites for hydroxylation is 2. The molecule has 1 amide bonds. The molecule has 3 N–H and O–H groups in total. The summed E-state index contributed by atoms with van der Waals surface area (Å²) in [4.78, 5) is 11.3. The molecule has 0 aliphatic heterocycles. The second kappa shape index (κ2) is 4.20. The zero-order valence-electron chi connectivity index (χ0n) is 9.37. The van der Waals surface area contributed by atoms with Gasteiger partial charge in [-0.1, -0.05) is 0 Å². The van der Waals surface area contributed by atoms with Gasteiger partial charge in [-0.15, -0.1) is 0 Å². The first-order valence-electron chi connectivity index (χ1n) is 4.68. The van der Waals surface area contributed by atoms with Crippen molar-refractivity contribution in [2.45, 2.75) is 26.9 Å². The summed E-state index contributed by atoms with van der Waals surface area (Å²) in [5, 5.41) is 6.61. The molecule has 1 aromatic rings. The fraction of sp³-hybridized carbons (Fsp3) is 0.556. The molecule has 0 saturated carbocycles. The van der Waals surface area contributed by atoms with Gasteiger partial charge in [0, 0.05) is 7.05 Å². The Kier molecular flexibility index (Phi) is 3.18. The van der Waals surface area contributed by atoms with Crippen molar-refractivity contribution < 1.29 is 9.53 Å². The predicted molar refractivity (Wildman–Crippen MR) is 57.6 cm³/mol. The third kappa shape index (κ3) is 2.61. The van der Waals surface area contributed by atoms with Crippen molar-refractivity contribution in [3.63, 3.8) is 0 Å². The van der Waals surface area contributed by atoms with Gasteiger partial charge in [0.2, 0.25) is 0 Å². The van der Waals surface area contributed by atoms with Gasteiger partial charge in [0.15, 0.2) is 5.82 Å². The molecule has 6 nitrogen and oxygen atoms in total. The van der Waals surface area contributed by atoms with E-state index in [1.165, 1.54) is 4.68 Å². The lowest BCUT2D eigenvalue weighted by Crippen LogP contribution is -2.20. The van der Waals surface area contributed by atoms with Crippen LogP contribution in [0.4, 0.5) is 16.3 Å². The number of ether oxygens (including phenoxy) is 1. The molecule has 15 heavy (non-hydrogen) atoms. The highest BCUT2D eigenvalue weighted by molar-refractivity contribution is 5.87. The minimum absolute atomic E-state index is 0.166. The Morgan fingerprint density at radius 3 is 2.60 bits per heavy atom. The van der Waals surface area contributed by atoms with Gasteiger partial charge < -0.3 is 10.5 Å². The predicted octanol–water partition coefficient (Wildman–Crippen LogP) is 1.27. The van der Waals surface area contributed by atoms with E-state index in [2.05, 4.69) is 10.4 Å². The van der Waals surface area contributed by atoms with Crippen LogP contribution in [-0.2, 0) is 11.8 Å². The maximum atomic E-state index is 11.3. The molecule has 84 valence electrons. The second-order valence-electron chi connectivity index (χ2n) is 3.55. The summed E-state index contributed by atoms with van der Waals surface area (Å²) >= 11 is 0. The number of hydrogen-bond donors (Lipinski definition) is 2. The number of nitrogens with one attached hydrogen (secondary N) is 1. The molecule has 0 aliphatic rings. The van der Waals surface area contributed by atoms with Crippen LogP contribution in [0.2, 0.25) is 0 Å². The van der Waals surface area contributed by atoms with Crippen LogP contribution in [0.3, 0.4) is 0 Å². The van der Waals surface area contributed by atoms with Gasteiger partial charge in [-0.2, -0.15) is 5.10 Å². The molecule has 1 heterocycles. The minimum Gasteiger partial charge on any atom is -0.447 e. The zero-order valence-corrected chi connectivity index (χ0v) is 9.37. The Balaban J connectivity index is 2.76. The minimum atomic E-state index is -0.528. The third-order valence-electron chi connectivity index (χ3n) is 1.83. The van der Waals surface area contributed by atoms with E-state index < -0.39 is 6.09 Å². The summed E-state index contributed by atoms with van der Waals surface area (Å²) in [7, 11) is 1.70. The molecule has 0 saturated heterocycles. The Morgan fingerprint density at radius 2 is 2.20 bits per heavy atom. The number of nitrogens with zero attached hydrogens (tertiary/aromatic N) is 2. The average molecular weight is 212 g/mol. The molecule has 0 radical (unpaired) electrons. The fourth-order valence-electron chi connectivity index (χ4n) is 1.16. The molecule has 1 rings (SSSR count). The smallest absolute Gasteiger partial charge is 0.413 e. The molecular formula is C9H16N4O2. The maximum Gasteiger partial charge on any atom is 0.413 e. The van der Waals surface area contributed by atoms with Crippen LogP contribution >= 0.6 is 0 Å². The molecule has 0 atom stereocenters. The van der Waals surface area contributed by atoms with Crippen molar-refractivity contribution in [3.05, 3.63) is 5.69 Å². The van der Waals surface area contributed by atoms with Crippen LogP contribution in [0.25, 0.3) is 0 Å². The molecule has 0 aromatic carbocycles. The van der Waals surface area contributed by atoms with Crippen molar-refractivity contribution in [1.29, 1.82) is 0 Å². The highest BCUT2D eigenvalue weighted by Crippen LogP contribution is 2.20. The first kappa shape index (κ1) is 11.4. The summed E-state index contributed by atoms with van der Waals surface area (Å²) in [6, 6.07) is 0. The Hall–Kier alpha value is -1.72. The number of rotatable bonds is 2. The van der Waals surface area contributed by atoms with Gasteiger partial charge in [0.1, 0.15) is 0 Å². The zero-order chi connectivity index (χ0) is 11.6. The van der Waals surface area contributed by atoms with Crippen LogP contribution in [0, 0.1) is 6.92 Å². The number of aromatic nitrogens is 2. The van der Waals surface area contributed by atoms with Crippen molar-refractivity contribution in [1.82, 2.24) is 9.78 Å². The lowest BCUT2D eigenvalue weighted by molar-refractivity contribution is 0.129. The van der Waals surface area contributed by atoms with Crippen molar-refractivity contribution >= 4 is 17.6 Å². The highest BCUT2D eigenvalue weighted by atomic mass is 16.6. The molecule has 0 spiro atoms. The first-order valence-corrected chi connectivity index (χ1v) is 4.68. The monoisotopic (exact) mass is 212 g/mol. The quantitative estimate of drug-likeness (QED) is 0.773. The van der Waals surface area contributed by atoms with Crippen LogP contribution in [0.15, 0.2) is 0 Å². The summed E-state index contributed by atoms with van der Waals surface area (Å²) in [6.45, 7) is 5.32. The number of nitrogen functional groups attached to an aromatic ring is 1. The van der Waals surface area contributed by atoms with E-state index in [4.69, 9.17) is 10.5 Å². The van der Waals surface area contributed by atoms with Gasteiger partial charge in [-0.05, 0) is 20.8 Å². The lowest BCUT2D eigenvalue weighted by Gasteiger charge is -2.09. The van der Waals surface area contributed by atoms with Crippen LogP contribution < -0.4 is 11.1 Å². The van der Waals surface area contributed by atoms with Gasteiger partial charge in [-0.25, -0.2) is 4.79 Å². The van der Waals surface area contributed by atoms with E-state index in [-0.39, 0.29) is 6.10 Å². The first-order chi connectivity index (χ1) is 6.91. The van der Waals surface area contributed by atoms with Crippen molar-refractivity contribution in [2.75, 3.05) is 11.1 Å². The molecule has 0 fully saturated rings. The number of carbonyl (C=O) groups excluding carboxylic acids is 1. The van der Waals surface area contributed by atoms with Gasteiger partial charge in [0.05, 0.1) is 17.5 Å². The van der Waals surface area contributed by atoms with Gasteiger partial charge in [-0.3, -0.25) is 10.00 Å². The summed E-state index contributed by atoms with van der Waals surface area (Å²) < 4.78 is 6.43. The van der Waals surface area contributed by atoms with E-state index in [0.29, 0.717) is 17.2 Å². The van der Waals surface area contributed by atoms with E-state index in [0.717, 1.165) is 0 Å². The summed E-state index contributed by atoms with van der Waals surface area (Å²) in [5.41, 5.74) is 6.86. The molecule has 0 bridgehead atoms. The third-order valence-corrected chi connectivity index (χ3v) is 1.83. The van der Waals surface area contributed by atoms with Crippen molar-refractivity contribution in [2.24, 2.45) is 7.05 Å². The lowest BCUT2D eigenvalue weighted by atomic mass is 10.4. The fourth-order valence-corrected chi connectivity index (χ4v) is 1.16. The van der Waals surface area contributed by atoms with Crippen LogP contribution in [0.1, 0.15) is 19.5 Å². The Morgan fingerprint density at radius 1 is 1.60 bits per heavy atom. The Labute approximate surface area is 88.4 Å². The van der Waals surface area contributed by atoms with E-state index in [9.17, 15) is 4.79 Å². The molecule has 1 aromatic heterocycles. The molecule has 0 aliphatic carbocycles. The van der Waals surface area contributed by atoms with E-state index in [1.54, 1.807) is 27.8 Å². The maximum absolute atomic E-state index is 11.3. The Bertz CT molecular complexity index is 370. The number of amides is 1. The number of anilines is 2. The standard InChI is InChI=1S/C9H16N4O2/c1-5(2)15-9(14)11-8-7(10)6(3)12-13(8)4/h5H,10H2,1-4H3,(H,11,14). The van der Waals surface area contributed by atoms with Crippen molar-refractivity contribution in [3.8, 4) is 0 Å². The van der Waals surface area contributed by atoms with E-state index >= 15 is 0 Å². The normalized spacial score (nSPS) is 10.5. The largest absolute Gasteiger partial charge is 0.447 e. The number of carbonyl (C=O) groups is 1. The molecular weight excluding hydrogens is 196 g/mol. The van der Waals surface area contributed by atoms with Crippen LogP contribution in [0.5, 0.6) is 0 Å². The van der Waals surface area contributed by atoms with Gasteiger partial charge in [0.25, 0.3) is 0 Å². The van der Waals surface area contributed by atoms with E-state index in [1.807, 2.05) is 0 Å². The topological polar surface area (TPSA) is 82.2 Å². The summed E-state index contributed by atoms with van der Waals surface area (Å²) in [6.07, 6.45) is -0.694. The molecule has 0 unspecified atom stereocenters.